The van der Waals surface area contributed by atoms with Crippen molar-refractivity contribution in [3.8, 4) is 0 Å². The summed E-state index contributed by atoms with van der Waals surface area (Å²) in [6.07, 6.45) is 6.39. The van der Waals surface area contributed by atoms with Gasteiger partial charge in [-0.3, -0.25) is 4.79 Å². The van der Waals surface area contributed by atoms with E-state index in [4.69, 9.17) is 14.2 Å². The zero-order valence-corrected chi connectivity index (χ0v) is 25.1. The molecule has 1 spiro atoms. The predicted molar refractivity (Wildman–Crippen MR) is 158 cm³/mol. The number of benzene rings is 1. The SMILES string of the molecule is C=C1[C@@H](C)[C@H]2[C@H](Cc3ccccc3)NC(=O)[C@]23OC(=O)c2cc(c(C(OC)OC)s2)CCC[C@@H](C)C/C=C/[C@H]3[C@@H]1O. The number of allylic oxidation sites excluding steroid dienone is 1. The molecule has 2 fully saturated rings. The number of hydrogen-bond donors (Lipinski definition) is 2. The number of aryl methyl sites for hydroxylation is 1. The summed E-state index contributed by atoms with van der Waals surface area (Å²) in [6, 6.07) is 11.5. The lowest BCUT2D eigenvalue weighted by Crippen LogP contribution is -2.61. The van der Waals surface area contributed by atoms with Crippen LogP contribution in [-0.4, -0.2) is 48.9 Å². The van der Waals surface area contributed by atoms with Crippen molar-refractivity contribution < 1.29 is 28.9 Å². The van der Waals surface area contributed by atoms with Crippen molar-refractivity contribution in [2.75, 3.05) is 14.2 Å². The van der Waals surface area contributed by atoms with Crippen molar-refractivity contribution in [2.45, 2.75) is 70.0 Å². The van der Waals surface area contributed by atoms with Crippen LogP contribution < -0.4 is 5.32 Å². The van der Waals surface area contributed by atoms with E-state index in [0.29, 0.717) is 22.8 Å². The summed E-state index contributed by atoms with van der Waals surface area (Å²) >= 11 is 1.28. The molecule has 3 aliphatic rings. The van der Waals surface area contributed by atoms with Gasteiger partial charge in [0, 0.05) is 26.2 Å². The molecule has 2 aromatic rings. The van der Waals surface area contributed by atoms with Gasteiger partial charge in [0.25, 0.3) is 5.91 Å². The zero-order chi connectivity index (χ0) is 29.3. The third-order valence-corrected chi connectivity index (χ3v) is 10.4. The summed E-state index contributed by atoms with van der Waals surface area (Å²) in [5.41, 5.74) is 1.13. The first-order chi connectivity index (χ1) is 19.7. The van der Waals surface area contributed by atoms with Crippen molar-refractivity contribution in [3.05, 3.63) is 81.6 Å². The van der Waals surface area contributed by atoms with Gasteiger partial charge in [0.15, 0.2) is 6.29 Å². The Balaban J connectivity index is 1.62. The fourth-order valence-electron chi connectivity index (χ4n) is 7.03. The van der Waals surface area contributed by atoms with Gasteiger partial charge in [0.2, 0.25) is 5.60 Å². The molecular formula is C33H41NO6S. The number of amides is 1. The molecule has 0 radical (unpaired) electrons. The molecule has 1 amide bonds. The van der Waals surface area contributed by atoms with E-state index in [-0.39, 0.29) is 17.9 Å². The number of esters is 1. The van der Waals surface area contributed by atoms with Gasteiger partial charge in [-0.1, -0.05) is 69.3 Å². The number of methoxy groups -OCH3 is 2. The standard InChI is InChI=1S/C33H41NO6S/c1-19-11-9-15-23-18-26(41-29(23)31(38-4)39-5)30(36)40-33-24(16-10-12-19)28(35)21(3)20(2)27(33)25(34-32(33)37)17-22-13-7-6-8-14-22/h6-8,10,13-14,16,18-20,24-25,27-28,31,35H,3,9,11-12,15,17H2,1-2,4-5H3,(H,34,37)/b16-10+/t19-,20-,24+,25+,27+,28-,33-/m1/s1. The molecule has 2 bridgehead atoms. The van der Waals surface area contributed by atoms with Crippen LogP contribution in [0.3, 0.4) is 0 Å². The monoisotopic (exact) mass is 579 g/mol. The lowest BCUT2D eigenvalue weighted by molar-refractivity contribution is -0.156. The lowest BCUT2D eigenvalue weighted by atomic mass is 9.59. The number of nitrogens with one attached hydrogen (secondary N) is 1. The molecule has 1 aliphatic carbocycles. The fraction of sp³-hybridized carbons (Fsp3) is 0.515. The molecule has 7 nitrogen and oxygen atoms in total. The van der Waals surface area contributed by atoms with Crippen LogP contribution in [0.5, 0.6) is 0 Å². The second-order valence-electron chi connectivity index (χ2n) is 11.8. The number of carbonyl (C=O) groups is 2. The Hall–Kier alpha value is -2.78. The first-order valence-corrected chi connectivity index (χ1v) is 15.3. The van der Waals surface area contributed by atoms with E-state index in [2.05, 4.69) is 18.8 Å². The summed E-state index contributed by atoms with van der Waals surface area (Å²) in [6.45, 7) is 8.43. The number of fused-ring (bicyclic) bond motifs is 2. The van der Waals surface area contributed by atoms with E-state index in [0.717, 1.165) is 41.7 Å². The summed E-state index contributed by atoms with van der Waals surface area (Å²) in [7, 11) is 3.15. The molecule has 41 heavy (non-hydrogen) atoms. The normalized spacial score (nSPS) is 33.0. The highest BCUT2D eigenvalue weighted by atomic mass is 32.1. The minimum absolute atomic E-state index is 0.270. The number of carbonyl (C=O) groups excluding carboxylic acids is 2. The quantitative estimate of drug-likeness (QED) is 0.280. The minimum Gasteiger partial charge on any atom is -0.444 e. The summed E-state index contributed by atoms with van der Waals surface area (Å²) < 4.78 is 17.6. The Morgan fingerprint density at radius 3 is 2.63 bits per heavy atom. The highest BCUT2D eigenvalue weighted by molar-refractivity contribution is 7.14. The maximum atomic E-state index is 14.1. The van der Waals surface area contributed by atoms with Crippen LogP contribution in [-0.2, 0) is 31.8 Å². The van der Waals surface area contributed by atoms with Crippen molar-refractivity contribution in [1.29, 1.82) is 0 Å². The predicted octanol–water partition coefficient (Wildman–Crippen LogP) is 5.39. The molecule has 0 unspecified atom stereocenters. The molecule has 7 atom stereocenters. The van der Waals surface area contributed by atoms with Crippen LogP contribution >= 0.6 is 11.3 Å². The van der Waals surface area contributed by atoms with Gasteiger partial charge in [0.1, 0.15) is 4.88 Å². The summed E-state index contributed by atoms with van der Waals surface area (Å²) in [4.78, 5) is 29.4. The highest BCUT2D eigenvalue weighted by Crippen LogP contribution is 2.53. The van der Waals surface area contributed by atoms with Crippen molar-refractivity contribution in [3.63, 3.8) is 0 Å². The van der Waals surface area contributed by atoms with Crippen LogP contribution in [0.4, 0.5) is 0 Å². The average Bonchev–Trinajstić information content (AvgIpc) is 3.49. The Bertz CT molecular complexity index is 1300. The number of rotatable bonds is 5. The number of ether oxygens (including phenoxy) is 3. The number of hydrogen-bond acceptors (Lipinski definition) is 7. The number of aliphatic hydroxyl groups excluding tert-OH is 1. The molecule has 1 aromatic carbocycles. The van der Waals surface area contributed by atoms with Gasteiger partial charge in [-0.05, 0) is 60.3 Å². The third kappa shape index (κ3) is 5.43. The Morgan fingerprint density at radius 2 is 1.93 bits per heavy atom. The van der Waals surface area contributed by atoms with Crippen molar-refractivity contribution >= 4 is 23.2 Å². The van der Waals surface area contributed by atoms with Crippen LogP contribution in [0, 0.1) is 23.7 Å². The first-order valence-electron chi connectivity index (χ1n) is 14.5. The zero-order valence-electron chi connectivity index (χ0n) is 24.3. The molecule has 1 saturated heterocycles. The molecule has 5 rings (SSSR count). The van der Waals surface area contributed by atoms with Gasteiger partial charge < -0.3 is 24.6 Å². The molecule has 1 aromatic heterocycles. The van der Waals surface area contributed by atoms with Crippen LogP contribution in [0.25, 0.3) is 0 Å². The second kappa shape index (κ2) is 12.2. The minimum atomic E-state index is -1.59. The molecule has 3 heterocycles. The van der Waals surface area contributed by atoms with Crippen molar-refractivity contribution in [1.82, 2.24) is 5.32 Å². The van der Waals surface area contributed by atoms with E-state index in [1.807, 2.05) is 55.5 Å². The Labute approximate surface area is 246 Å². The maximum Gasteiger partial charge on any atom is 0.349 e. The van der Waals surface area contributed by atoms with Crippen molar-refractivity contribution in [2.24, 2.45) is 23.7 Å². The van der Waals surface area contributed by atoms with Gasteiger partial charge in [0.05, 0.1) is 16.9 Å². The molecule has 220 valence electrons. The average molecular weight is 580 g/mol. The Kier molecular flexibility index (Phi) is 8.85. The van der Waals surface area contributed by atoms with Gasteiger partial charge >= 0.3 is 5.97 Å². The molecule has 2 N–H and O–H groups in total. The summed E-state index contributed by atoms with van der Waals surface area (Å²) in [5, 5.41) is 14.7. The fourth-order valence-corrected chi connectivity index (χ4v) is 8.17. The van der Waals surface area contributed by atoms with Crippen LogP contribution in [0.2, 0.25) is 0 Å². The largest absolute Gasteiger partial charge is 0.444 e. The van der Waals surface area contributed by atoms with E-state index < -0.39 is 35.8 Å². The lowest BCUT2D eigenvalue weighted by Gasteiger charge is -2.49. The topological polar surface area (TPSA) is 94.1 Å². The van der Waals surface area contributed by atoms with E-state index in [9.17, 15) is 14.7 Å². The molecule has 8 heteroatoms. The Morgan fingerprint density at radius 1 is 1.20 bits per heavy atom. The van der Waals surface area contributed by atoms with Crippen LogP contribution in [0.15, 0.2) is 60.7 Å². The highest BCUT2D eigenvalue weighted by Gasteiger charge is 2.68. The van der Waals surface area contributed by atoms with Gasteiger partial charge in [-0.15, -0.1) is 11.3 Å². The smallest absolute Gasteiger partial charge is 0.349 e. The molecule has 2 aliphatic heterocycles. The second-order valence-corrected chi connectivity index (χ2v) is 12.9. The van der Waals surface area contributed by atoms with E-state index in [1.165, 1.54) is 11.3 Å². The number of aliphatic hydroxyl groups is 1. The van der Waals surface area contributed by atoms with Crippen LogP contribution in [0.1, 0.15) is 65.1 Å². The van der Waals surface area contributed by atoms with E-state index >= 15 is 0 Å². The van der Waals surface area contributed by atoms with Gasteiger partial charge in [-0.25, -0.2) is 4.79 Å². The first kappa shape index (κ1) is 29.7. The summed E-state index contributed by atoms with van der Waals surface area (Å²) in [5.74, 6) is -2.00. The number of thiophene rings is 1. The van der Waals surface area contributed by atoms with Gasteiger partial charge in [-0.2, -0.15) is 0 Å². The maximum absolute atomic E-state index is 14.1. The van der Waals surface area contributed by atoms with E-state index in [1.54, 1.807) is 14.2 Å². The molecular weight excluding hydrogens is 538 g/mol. The molecule has 1 saturated carbocycles. The third-order valence-electron chi connectivity index (χ3n) is 9.21.